The fraction of sp³-hybridized carbons (Fsp3) is 0.583. The highest BCUT2D eigenvalue weighted by atomic mass is 19.4. The highest BCUT2D eigenvalue weighted by molar-refractivity contribution is 5.40. The van der Waals surface area contributed by atoms with Gasteiger partial charge < -0.3 is 10.6 Å². The fourth-order valence-corrected chi connectivity index (χ4v) is 2.86. The van der Waals surface area contributed by atoms with Crippen LogP contribution in [0.25, 0.3) is 0 Å². The number of alkyl halides is 3. The van der Waals surface area contributed by atoms with E-state index < -0.39 is 17.6 Å². The molecule has 3 rings (SSSR count). The molecule has 0 unspecified atom stereocenters. The van der Waals surface area contributed by atoms with Gasteiger partial charge in [-0.2, -0.15) is 13.2 Å². The number of hydrogen-bond acceptors (Lipinski definition) is 3. The van der Waals surface area contributed by atoms with E-state index in [0.717, 1.165) is 19.3 Å². The Morgan fingerprint density at radius 3 is 2.63 bits per heavy atom. The predicted molar refractivity (Wildman–Crippen MR) is 61.2 cm³/mol. The number of fused-ring (bicyclic) bond motifs is 2. The third-order valence-electron chi connectivity index (χ3n) is 3.79. The molecule has 0 amide bonds. The summed E-state index contributed by atoms with van der Waals surface area (Å²) in [6.45, 7) is 0. The molecule has 7 heteroatoms. The van der Waals surface area contributed by atoms with Crippen molar-refractivity contribution in [3.63, 3.8) is 0 Å². The first-order valence-corrected chi connectivity index (χ1v) is 6.19. The van der Waals surface area contributed by atoms with Gasteiger partial charge in [0, 0.05) is 24.3 Å². The Hall–Kier alpha value is -1.37. The monoisotopic (exact) mass is 275 g/mol. The van der Waals surface area contributed by atoms with Crippen LogP contribution in [0, 0.1) is 5.82 Å². The SMILES string of the molecule is Fc1cc(C(F)(F)F)cnc1N[C@@H]1C[C@H]2CC[C@@H]1N2. The van der Waals surface area contributed by atoms with Crippen LogP contribution in [0.5, 0.6) is 0 Å². The number of anilines is 1. The fourth-order valence-electron chi connectivity index (χ4n) is 2.86. The van der Waals surface area contributed by atoms with Crippen LogP contribution in [0.4, 0.5) is 23.4 Å². The van der Waals surface area contributed by atoms with E-state index in [9.17, 15) is 17.6 Å². The molecule has 2 N–H and O–H groups in total. The van der Waals surface area contributed by atoms with E-state index in [-0.39, 0.29) is 17.9 Å². The summed E-state index contributed by atoms with van der Waals surface area (Å²) >= 11 is 0. The van der Waals surface area contributed by atoms with Gasteiger partial charge in [0.15, 0.2) is 11.6 Å². The number of nitrogens with zero attached hydrogens (tertiary/aromatic N) is 1. The van der Waals surface area contributed by atoms with Crippen molar-refractivity contribution in [3.05, 3.63) is 23.6 Å². The van der Waals surface area contributed by atoms with Crippen molar-refractivity contribution in [3.8, 4) is 0 Å². The average Bonchev–Trinajstić information content (AvgIpc) is 2.92. The lowest BCUT2D eigenvalue weighted by molar-refractivity contribution is -0.138. The molecule has 0 aromatic carbocycles. The van der Waals surface area contributed by atoms with Gasteiger partial charge in [-0.05, 0) is 25.3 Å². The van der Waals surface area contributed by atoms with Crippen molar-refractivity contribution >= 4 is 5.82 Å². The van der Waals surface area contributed by atoms with Gasteiger partial charge in [0.25, 0.3) is 0 Å². The van der Waals surface area contributed by atoms with Gasteiger partial charge in [0.1, 0.15) is 0 Å². The Morgan fingerprint density at radius 2 is 2.11 bits per heavy atom. The third kappa shape index (κ3) is 2.39. The lowest BCUT2D eigenvalue weighted by Crippen LogP contribution is -2.34. The molecule has 0 aliphatic carbocycles. The van der Waals surface area contributed by atoms with E-state index in [0.29, 0.717) is 18.3 Å². The normalized spacial score (nSPS) is 29.8. The maximum Gasteiger partial charge on any atom is 0.417 e. The maximum atomic E-state index is 13.6. The molecular formula is C12H13F4N3. The summed E-state index contributed by atoms with van der Waals surface area (Å²) < 4.78 is 50.8. The molecule has 2 aliphatic heterocycles. The van der Waals surface area contributed by atoms with Crippen molar-refractivity contribution < 1.29 is 17.6 Å². The van der Waals surface area contributed by atoms with Crippen LogP contribution >= 0.6 is 0 Å². The van der Waals surface area contributed by atoms with Crippen molar-refractivity contribution in [2.75, 3.05) is 5.32 Å². The van der Waals surface area contributed by atoms with Gasteiger partial charge in [-0.3, -0.25) is 0 Å². The number of halogens is 4. The molecule has 104 valence electrons. The average molecular weight is 275 g/mol. The standard InChI is InChI=1S/C12H13F4N3/c13-8-3-6(12(14,15)16)5-17-11(8)19-10-4-7-1-2-9(10)18-7/h3,5,7,9-10,18H,1-2,4H2,(H,17,19)/t7-,9+,10-/m1/s1. The molecule has 0 saturated carbocycles. The van der Waals surface area contributed by atoms with E-state index in [1.165, 1.54) is 0 Å². The molecule has 19 heavy (non-hydrogen) atoms. The Morgan fingerprint density at radius 1 is 1.32 bits per heavy atom. The molecule has 0 radical (unpaired) electrons. The summed E-state index contributed by atoms with van der Waals surface area (Å²) in [5, 5.41) is 6.26. The number of hydrogen-bond donors (Lipinski definition) is 2. The van der Waals surface area contributed by atoms with E-state index in [1.54, 1.807) is 0 Å². The van der Waals surface area contributed by atoms with Gasteiger partial charge >= 0.3 is 6.18 Å². The minimum atomic E-state index is -4.57. The molecule has 2 aliphatic rings. The Bertz CT molecular complexity index is 488. The van der Waals surface area contributed by atoms with E-state index in [2.05, 4.69) is 15.6 Å². The Kier molecular flexibility index (Phi) is 2.88. The lowest BCUT2D eigenvalue weighted by Gasteiger charge is -2.22. The highest BCUT2D eigenvalue weighted by Crippen LogP contribution is 2.32. The van der Waals surface area contributed by atoms with Gasteiger partial charge in [0.05, 0.1) is 5.56 Å². The molecule has 1 aromatic rings. The summed E-state index contributed by atoms with van der Waals surface area (Å²) in [4.78, 5) is 3.56. The first kappa shape index (κ1) is 12.7. The van der Waals surface area contributed by atoms with Crippen molar-refractivity contribution in [2.45, 2.75) is 43.6 Å². The van der Waals surface area contributed by atoms with E-state index in [4.69, 9.17) is 0 Å². The topological polar surface area (TPSA) is 37.0 Å². The number of nitrogens with one attached hydrogen (secondary N) is 2. The van der Waals surface area contributed by atoms with Gasteiger partial charge in [-0.15, -0.1) is 0 Å². The summed E-state index contributed by atoms with van der Waals surface area (Å²) in [6.07, 6.45) is -0.949. The summed E-state index contributed by atoms with van der Waals surface area (Å²) in [7, 11) is 0. The summed E-state index contributed by atoms with van der Waals surface area (Å²) in [5.74, 6) is -1.06. The maximum absolute atomic E-state index is 13.6. The highest BCUT2D eigenvalue weighted by Gasteiger charge is 2.39. The van der Waals surface area contributed by atoms with Gasteiger partial charge in [-0.25, -0.2) is 9.37 Å². The minimum absolute atomic E-state index is 0.0393. The lowest BCUT2D eigenvalue weighted by atomic mass is 9.95. The van der Waals surface area contributed by atoms with Crippen LogP contribution < -0.4 is 10.6 Å². The van der Waals surface area contributed by atoms with Crippen LogP contribution in [0.15, 0.2) is 12.3 Å². The van der Waals surface area contributed by atoms with Gasteiger partial charge in [-0.1, -0.05) is 0 Å². The zero-order chi connectivity index (χ0) is 13.6. The first-order valence-electron chi connectivity index (χ1n) is 6.19. The smallest absolute Gasteiger partial charge is 0.363 e. The van der Waals surface area contributed by atoms with Crippen molar-refractivity contribution in [1.29, 1.82) is 0 Å². The quantitative estimate of drug-likeness (QED) is 0.814. The number of pyridine rings is 1. The van der Waals surface area contributed by atoms with Crippen molar-refractivity contribution in [1.82, 2.24) is 10.3 Å². The zero-order valence-electron chi connectivity index (χ0n) is 9.97. The van der Waals surface area contributed by atoms with E-state index in [1.807, 2.05) is 0 Å². The van der Waals surface area contributed by atoms with Gasteiger partial charge in [0.2, 0.25) is 0 Å². The molecule has 2 bridgehead atoms. The molecule has 2 saturated heterocycles. The van der Waals surface area contributed by atoms with Crippen molar-refractivity contribution in [2.24, 2.45) is 0 Å². The second-order valence-corrected chi connectivity index (χ2v) is 5.09. The number of aromatic nitrogens is 1. The number of rotatable bonds is 2. The Balaban J connectivity index is 1.75. The molecule has 1 aromatic heterocycles. The van der Waals surface area contributed by atoms with Crippen LogP contribution in [-0.2, 0) is 6.18 Å². The van der Waals surface area contributed by atoms with Crippen LogP contribution in [0.2, 0.25) is 0 Å². The zero-order valence-corrected chi connectivity index (χ0v) is 9.97. The summed E-state index contributed by atoms with van der Waals surface area (Å²) in [5.41, 5.74) is -1.07. The minimum Gasteiger partial charge on any atom is -0.363 e. The van der Waals surface area contributed by atoms with E-state index >= 15 is 0 Å². The predicted octanol–water partition coefficient (Wildman–Crippen LogP) is 2.54. The summed E-state index contributed by atoms with van der Waals surface area (Å²) in [6, 6.07) is 1.21. The second-order valence-electron chi connectivity index (χ2n) is 5.09. The third-order valence-corrected chi connectivity index (χ3v) is 3.79. The molecule has 0 spiro atoms. The largest absolute Gasteiger partial charge is 0.417 e. The van der Waals surface area contributed by atoms with Crippen LogP contribution in [0.3, 0.4) is 0 Å². The second kappa shape index (κ2) is 4.33. The molecule has 3 atom stereocenters. The molecule has 3 nitrogen and oxygen atoms in total. The molecule has 2 fully saturated rings. The van der Waals surface area contributed by atoms with Crippen LogP contribution in [0.1, 0.15) is 24.8 Å². The molecular weight excluding hydrogens is 262 g/mol. The Labute approximate surface area is 107 Å². The first-order chi connectivity index (χ1) is 8.93. The van der Waals surface area contributed by atoms with Crippen LogP contribution in [-0.4, -0.2) is 23.1 Å². The molecule has 3 heterocycles.